The Morgan fingerprint density at radius 3 is 2.32 bits per heavy atom. The van der Waals surface area contributed by atoms with Crippen molar-refractivity contribution < 1.29 is 22.8 Å². The van der Waals surface area contributed by atoms with Crippen LogP contribution in [0.25, 0.3) is 0 Å². The predicted molar refractivity (Wildman–Crippen MR) is 86.2 cm³/mol. The molecule has 1 aromatic carbocycles. The van der Waals surface area contributed by atoms with Crippen LogP contribution in [-0.4, -0.2) is 23.3 Å². The highest BCUT2D eigenvalue weighted by molar-refractivity contribution is 6.04. The molecule has 0 spiro atoms. The number of aromatic nitrogens is 1. The van der Waals surface area contributed by atoms with Gasteiger partial charge in [-0.25, -0.2) is 4.98 Å². The molecule has 1 heterocycles. The van der Waals surface area contributed by atoms with Gasteiger partial charge in [0.15, 0.2) is 0 Å². The van der Waals surface area contributed by atoms with Gasteiger partial charge in [-0.1, -0.05) is 24.3 Å². The fraction of sp³-hybridized carbons (Fsp3) is 0.118. The molecule has 0 unspecified atom stereocenters. The van der Waals surface area contributed by atoms with Crippen molar-refractivity contribution in [2.45, 2.75) is 6.18 Å². The Morgan fingerprint density at radius 2 is 1.68 bits per heavy atom. The van der Waals surface area contributed by atoms with Crippen LogP contribution in [-0.2, 0) is 6.18 Å². The number of rotatable bonds is 5. The van der Waals surface area contributed by atoms with Crippen molar-refractivity contribution in [1.29, 1.82) is 0 Å². The Labute approximate surface area is 141 Å². The van der Waals surface area contributed by atoms with Crippen molar-refractivity contribution >= 4 is 17.5 Å². The lowest BCUT2D eigenvalue weighted by Crippen LogP contribution is -2.25. The molecular formula is C17H14F3N3O2. The number of para-hydroxylation sites is 1. The van der Waals surface area contributed by atoms with Crippen LogP contribution in [0.5, 0.6) is 0 Å². The molecule has 2 rings (SSSR count). The Balaban J connectivity index is 2.23. The molecule has 0 radical (unpaired) electrons. The fourth-order valence-electron chi connectivity index (χ4n) is 1.97. The Bertz CT molecular complexity index is 804. The van der Waals surface area contributed by atoms with Crippen LogP contribution < -0.4 is 10.6 Å². The van der Waals surface area contributed by atoms with Gasteiger partial charge in [-0.2, -0.15) is 13.2 Å². The fourth-order valence-corrected chi connectivity index (χ4v) is 1.97. The van der Waals surface area contributed by atoms with Crippen LogP contribution in [0.3, 0.4) is 0 Å². The molecule has 0 fully saturated rings. The summed E-state index contributed by atoms with van der Waals surface area (Å²) in [5, 5.41) is 4.67. The third-order valence-electron chi connectivity index (χ3n) is 3.10. The molecule has 0 bridgehead atoms. The number of benzene rings is 1. The third kappa shape index (κ3) is 4.66. The van der Waals surface area contributed by atoms with Gasteiger partial charge in [0.05, 0.1) is 11.3 Å². The van der Waals surface area contributed by atoms with Gasteiger partial charge in [0.2, 0.25) is 0 Å². The van der Waals surface area contributed by atoms with E-state index in [1.165, 1.54) is 36.4 Å². The largest absolute Gasteiger partial charge is 0.418 e. The lowest BCUT2D eigenvalue weighted by atomic mass is 10.1. The number of anilines is 1. The standard InChI is InChI=1S/C17H14F3N3O2/c1-2-10-21-15(24)13-8-5-9-14(22-13)16(25)23-12-7-4-3-6-11(12)17(18,19)20/h2-9H,1,10H2,(H,21,24)(H,23,25). The van der Waals surface area contributed by atoms with E-state index in [0.29, 0.717) is 0 Å². The molecule has 8 heteroatoms. The molecule has 0 aliphatic rings. The summed E-state index contributed by atoms with van der Waals surface area (Å²) in [6, 6.07) is 8.71. The molecular weight excluding hydrogens is 335 g/mol. The number of carbonyl (C=O) groups excluding carboxylic acids is 2. The molecule has 0 saturated carbocycles. The van der Waals surface area contributed by atoms with E-state index in [0.717, 1.165) is 12.1 Å². The van der Waals surface area contributed by atoms with Crippen molar-refractivity contribution in [3.8, 4) is 0 Å². The van der Waals surface area contributed by atoms with Gasteiger partial charge in [-0.05, 0) is 24.3 Å². The monoisotopic (exact) mass is 349 g/mol. The first-order chi connectivity index (χ1) is 11.8. The minimum atomic E-state index is -4.61. The van der Waals surface area contributed by atoms with Gasteiger partial charge in [0, 0.05) is 6.54 Å². The maximum Gasteiger partial charge on any atom is 0.418 e. The van der Waals surface area contributed by atoms with Crippen LogP contribution in [0.2, 0.25) is 0 Å². The average Bonchev–Trinajstić information content (AvgIpc) is 2.59. The maximum absolute atomic E-state index is 13.0. The molecule has 0 saturated heterocycles. The summed E-state index contributed by atoms with van der Waals surface area (Å²) in [5.41, 5.74) is -1.56. The lowest BCUT2D eigenvalue weighted by molar-refractivity contribution is -0.136. The number of pyridine rings is 1. The Morgan fingerprint density at radius 1 is 1.04 bits per heavy atom. The highest BCUT2D eigenvalue weighted by Gasteiger charge is 2.33. The topological polar surface area (TPSA) is 71.1 Å². The molecule has 25 heavy (non-hydrogen) atoms. The first kappa shape index (κ1) is 18.2. The number of nitrogens with one attached hydrogen (secondary N) is 2. The van der Waals surface area contributed by atoms with Crippen molar-refractivity contribution in [2.24, 2.45) is 0 Å². The van der Waals surface area contributed by atoms with E-state index in [4.69, 9.17) is 0 Å². The second-order valence-corrected chi connectivity index (χ2v) is 4.90. The summed E-state index contributed by atoms with van der Waals surface area (Å²) in [6.07, 6.45) is -3.13. The second-order valence-electron chi connectivity index (χ2n) is 4.90. The molecule has 2 amide bonds. The van der Waals surface area contributed by atoms with Gasteiger partial charge in [0.1, 0.15) is 11.4 Å². The van der Waals surface area contributed by atoms with Gasteiger partial charge < -0.3 is 10.6 Å². The van der Waals surface area contributed by atoms with Crippen molar-refractivity contribution in [2.75, 3.05) is 11.9 Å². The van der Waals surface area contributed by atoms with E-state index in [1.54, 1.807) is 0 Å². The molecule has 0 aliphatic heterocycles. The number of carbonyl (C=O) groups is 2. The predicted octanol–water partition coefficient (Wildman–Crippen LogP) is 3.27. The van der Waals surface area contributed by atoms with E-state index in [1.807, 2.05) is 0 Å². The smallest absolute Gasteiger partial charge is 0.347 e. The van der Waals surface area contributed by atoms with Gasteiger partial charge in [-0.15, -0.1) is 6.58 Å². The highest BCUT2D eigenvalue weighted by Crippen LogP contribution is 2.34. The zero-order valence-electron chi connectivity index (χ0n) is 12.9. The minimum absolute atomic E-state index is 0.0291. The average molecular weight is 349 g/mol. The highest BCUT2D eigenvalue weighted by atomic mass is 19.4. The first-order valence-corrected chi connectivity index (χ1v) is 7.16. The van der Waals surface area contributed by atoms with Crippen LogP contribution in [0.4, 0.5) is 18.9 Å². The third-order valence-corrected chi connectivity index (χ3v) is 3.10. The summed E-state index contributed by atoms with van der Waals surface area (Å²) < 4.78 is 38.9. The number of nitrogens with zero attached hydrogens (tertiary/aromatic N) is 1. The van der Waals surface area contributed by atoms with E-state index >= 15 is 0 Å². The number of alkyl halides is 3. The van der Waals surface area contributed by atoms with Gasteiger partial charge >= 0.3 is 6.18 Å². The van der Waals surface area contributed by atoms with E-state index in [2.05, 4.69) is 22.2 Å². The molecule has 0 aliphatic carbocycles. The van der Waals surface area contributed by atoms with Crippen molar-refractivity contribution in [3.05, 3.63) is 72.1 Å². The Hall–Kier alpha value is -3.16. The number of hydrogen-bond acceptors (Lipinski definition) is 3. The zero-order chi connectivity index (χ0) is 18.4. The van der Waals surface area contributed by atoms with E-state index < -0.39 is 23.6 Å². The van der Waals surface area contributed by atoms with Crippen LogP contribution >= 0.6 is 0 Å². The van der Waals surface area contributed by atoms with Gasteiger partial charge in [0.25, 0.3) is 11.8 Å². The van der Waals surface area contributed by atoms with Crippen LogP contribution in [0.15, 0.2) is 55.1 Å². The lowest BCUT2D eigenvalue weighted by Gasteiger charge is -2.13. The van der Waals surface area contributed by atoms with Crippen LogP contribution in [0, 0.1) is 0 Å². The molecule has 1 aromatic heterocycles. The van der Waals surface area contributed by atoms with Crippen molar-refractivity contribution in [1.82, 2.24) is 10.3 Å². The number of halogens is 3. The second kappa shape index (κ2) is 7.61. The minimum Gasteiger partial charge on any atom is -0.347 e. The zero-order valence-corrected chi connectivity index (χ0v) is 12.9. The quantitative estimate of drug-likeness (QED) is 0.814. The maximum atomic E-state index is 13.0. The number of amides is 2. The summed E-state index contributed by atoms with van der Waals surface area (Å²) >= 11 is 0. The summed E-state index contributed by atoms with van der Waals surface area (Å²) in [6.45, 7) is 3.67. The SMILES string of the molecule is C=CCNC(=O)c1cccc(C(=O)Nc2ccccc2C(F)(F)F)n1. The van der Waals surface area contributed by atoms with Crippen molar-refractivity contribution in [3.63, 3.8) is 0 Å². The summed E-state index contributed by atoms with van der Waals surface area (Å²) in [5.74, 6) is -1.37. The first-order valence-electron chi connectivity index (χ1n) is 7.16. The number of hydrogen-bond donors (Lipinski definition) is 2. The van der Waals surface area contributed by atoms with Gasteiger partial charge in [-0.3, -0.25) is 9.59 Å². The normalized spacial score (nSPS) is 10.8. The molecule has 130 valence electrons. The van der Waals surface area contributed by atoms with E-state index in [9.17, 15) is 22.8 Å². The van der Waals surface area contributed by atoms with Crippen LogP contribution in [0.1, 0.15) is 26.5 Å². The molecule has 0 atom stereocenters. The van der Waals surface area contributed by atoms with E-state index in [-0.39, 0.29) is 23.6 Å². The molecule has 2 aromatic rings. The summed E-state index contributed by atoms with van der Waals surface area (Å²) in [4.78, 5) is 27.9. The summed E-state index contributed by atoms with van der Waals surface area (Å²) in [7, 11) is 0. The Kier molecular flexibility index (Phi) is 5.53. The molecule has 5 nitrogen and oxygen atoms in total. The molecule has 2 N–H and O–H groups in total.